The summed E-state index contributed by atoms with van der Waals surface area (Å²) >= 11 is 6.46. The van der Waals surface area contributed by atoms with Crippen molar-refractivity contribution in [3.05, 3.63) is 59.6 Å². The van der Waals surface area contributed by atoms with Crippen LogP contribution in [-0.4, -0.2) is 59.7 Å². The molecule has 0 amide bonds. The van der Waals surface area contributed by atoms with Gasteiger partial charge in [-0.25, -0.2) is 8.42 Å². The molecule has 0 radical (unpaired) electrons. The van der Waals surface area contributed by atoms with Gasteiger partial charge in [0.25, 0.3) is 10.0 Å². The van der Waals surface area contributed by atoms with Crippen molar-refractivity contribution in [1.29, 1.82) is 0 Å². The number of halogens is 1. The molecular formula is C23H24ClN3O3S. The van der Waals surface area contributed by atoms with Crippen LogP contribution in [-0.2, 0) is 10.0 Å². The van der Waals surface area contributed by atoms with E-state index in [4.69, 9.17) is 16.3 Å². The molecule has 0 N–H and O–H groups in total. The summed E-state index contributed by atoms with van der Waals surface area (Å²) in [6.07, 6.45) is 0. The Morgan fingerprint density at radius 1 is 0.871 bits per heavy atom. The molecule has 3 aromatic carbocycles. The minimum atomic E-state index is -3.77. The predicted molar refractivity (Wildman–Crippen MR) is 125 cm³/mol. The van der Waals surface area contributed by atoms with Crippen LogP contribution in [0.3, 0.4) is 0 Å². The summed E-state index contributed by atoms with van der Waals surface area (Å²) in [5.41, 5.74) is 1.36. The molecule has 0 atom stereocenters. The summed E-state index contributed by atoms with van der Waals surface area (Å²) in [6, 6.07) is 16.5. The minimum absolute atomic E-state index is 0.241. The molecule has 5 rings (SSSR count). The van der Waals surface area contributed by atoms with E-state index in [0.717, 1.165) is 42.6 Å². The van der Waals surface area contributed by atoms with Crippen molar-refractivity contribution >= 4 is 43.8 Å². The van der Waals surface area contributed by atoms with Gasteiger partial charge in [-0.2, -0.15) is 0 Å². The lowest BCUT2D eigenvalue weighted by Gasteiger charge is -2.38. The average Bonchev–Trinajstić information content (AvgIpc) is 2.78. The fourth-order valence-corrected chi connectivity index (χ4v) is 5.92. The van der Waals surface area contributed by atoms with Crippen LogP contribution in [0.15, 0.2) is 59.5 Å². The fraction of sp³-hybridized carbons (Fsp3) is 0.304. The second kappa shape index (κ2) is 7.89. The summed E-state index contributed by atoms with van der Waals surface area (Å²) < 4.78 is 34.7. The zero-order valence-electron chi connectivity index (χ0n) is 17.3. The molecule has 6 nitrogen and oxygen atoms in total. The number of nitrogens with zero attached hydrogens (tertiary/aromatic N) is 3. The number of piperazine rings is 1. The molecule has 0 saturated carbocycles. The summed E-state index contributed by atoms with van der Waals surface area (Å²) in [7, 11) is -1.68. The highest BCUT2D eigenvalue weighted by Crippen LogP contribution is 2.45. The Balaban J connectivity index is 1.57. The highest BCUT2D eigenvalue weighted by atomic mass is 35.5. The van der Waals surface area contributed by atoms with Crippen LogP contribution in [0, 0.1) is 0 Å². The van der Waals surface area contributed by atoms with Gasteiger partial charge in [-0.3, -0.25) is 4.31 Å². The fourth-order valence-electron chi connectivity index (χ4n) is 4.24. The molecule has 31 heavy (non-hydrogen) atoms. The molecule has 0 aromatic heterocycles. The number of anilines is 2. The van der Waals surface area contributed by atoms with E-state index < -0.39 is 10.0 Å². The third kappa shape index (κ3) is 3.71. The van der Waals surface area contributed by atoms with Crippen LogP contribution >= 0.6 is 11.6 Å². The van der Waals surface area contributed by atoms with Gasteiger partial charge >= 0.3 is 0 Å². The zero-order valence-corrected chi connectivity index (χ0v) is 18.9. The van der Waals surface area contributed by atoms with Crippen molar-refractivity contribution in [2.75, 3.05) is 55.6 Å². The number of sulfonamides is 1. The Kier molecular flexibility index (Phi) is 5.20. The van der Waals surface area contributed by atoms with Crippen LogP contribution < -0.4 is 13.9 Å². The van der Waals surface area contributed by atoms with Crippen LogP contribution in [0.2, 0.25) is 5.02 Å². The lowest BCUT2D eigenvalue weighted by atomic mass is 10.1. The first kappa shape index (κ1) is 20.4. The number of likely N-dealkylation sites (N-methyl/N-ethyl adjacent to an activating group) is 1. The van der Waals surface area contributed by atoms with Gasteiger partial charge in [-0.05, 0) is 42.1 Å². The van der Waals surface area contributed by atoms with Gasteiger partial charge in [0.05, 0.1) is 22.8 Å². The molecule has 1 fully saturated rings. The molecule has 162 valence electrons. The molecular weight excluding hydrogens is 434 g/mol. The lowest BCUT2D eigenvalue weighted by molar-refractivity contribution is 0.301. The summed E-state index contributed by atoms with van der Waals surface area (Å²) in [4.78, 5) is 4.75. The first-order chi connectivity index (χ1) is 14.9. The molecule has 1 saturated heterocycles. The van der Waals surface area contributed by atoms with Gasteiger partial charge in [-0.15, -0.1) is 0 Å². The van der Waals surface area contributed by atoms with Crippen LogP contribution in [0.1, 0.15) is 0 Å². The van der Waals surface area contributed by atoms with Gasteiger partial charge in [0.1, 0.15) is 6.61 Å². The van der Waals surface area contributed by atoms with Gasteiger partial charge in [-0.1, -0.05) is 41.9 Å². The number of ether oxygens (including phenoxy) is 1. The molecule has 2 aliphatic heterocycles. The maximum Gasteiger partial charge on any atom is 0.264 e. The molecule has 0 bridgehead atoms. The Morgan fingerprint density at radius 3 is 2.35 bits per heavy atom. The van der Waals surface area contributed by atoms with E-state index in [1.54, 1.807) is 18.2 Å². The maximum atomic E-state index is 13.6. The molecule has 8 heteroatoms. The Bertz CT molecular complexity index is 1240. The highest BCUT2D eigenvalue weighted by Gasteiger charge is 2.33. The van der Waals surface area contributed by atoms with Crippen molar-refractivity contribution in [2.45, 2.75) is 4.90 Å². The topological polar surface area (TPSA) is 53.1 Å². The van der Waals surface area contributed by atoms with Crippen LogP contribution in [0.25, 0.3) is 10.8 Å². The summed E-state index contributed by atoms with van der Waals surface area (Å²) in [5.74, 6) is 0.588. The van der Waals surface area contributed by atoms with E-state index in [1.807, 2.05) is 36.4 Å². The van der Waals surface area contributed by atoms with Crippen molar-refractivity contribution < 1.29 is 13.2 Å². The SMILES string of the molecule is CN1CCN(c2cc(Cl)cc3c2OCCN3S(=O)(=O)c2ccc3ccccc3c2)CC1. The quantitative estimate of drug-likeness (QED) is 0.598. The van der Waals surface area contributed by atoms with E-state index >= 15 is 0 Å². The Morgan fingerprint density at radius 2 is 1.58 bits per heavy atom. The first-order valence-corrected chi connectivity index (χ1v) is 12.2. The van der Waals surface area contributed by atoms with Gasteiger partial charge in [0.2, 0.25) is 0 Å². The predicted octanol–water partition coefficient (Wildman–Crippen LogP) is 3.83. The number of benzene rings is 3. The molecule has 2 heterocycles. The molecule has 0 unspecified atom stereocenters. The molecule has 3 aromatic rings. The van der Waals surface area contributed by atoms with Crippen molar-refractivity contribution in [3.63, 3.8) is 0 Å². The normalized spacial score (nSPS) is 17.5. The molecule has 2 aliphatic rings. The average molecular weight is 458 g/mol. The van der Waals surface area contributed by atoms with Gasteiger partial charge in [0, 0.05) is 31.2 Å². The van der Waals surface area contributed by atoms with E-state index in [-0.39, 0.29) is 11.4 Å². The van der Waals surface area contributed by atoms with Crippen LogP contribution in [0.4, 0.5) is 11.4 Å². The number of fused-ring (bicyclic) bond motifs is 2. The van der Waals surface area contributed by atoms with E-state index in [1.165, 1.54) is 4.31 Å². The first-order valence-electron chi connectivity index (χ1n) is 10.3. The smallest absolute Gasteiger partial charge is 0.264 e. The third-order valence-corrected chi connectivity index (χ3v) is 8.00. The van der Waals surface area contributed by atoms with Crippen molar-refractivity contribution in [1.82, 2.24) is 4.90 Å². The van der Waals surface area contributed by atoms with Gasteiger partial charge in [0.15, 0.2) is 5.75 Å². The van der Waals surface area contributed by atoms with E-state index in [0.29, 0.717) is 23.1 Å². The maximum absolute atomic E-state index is 13.6. The number of hydrogen-bond donors (Lipinski definition) is 0. The van der Waals surface area contributed by atoms with Crippen molar-refractivity contribution in [3.8, 4) is 5.75 Å². The number of hydrogen-bond acceptors (Lipinski definition) is 5. The molecule has 0 aliphatic carbocycles. The Labute approximate surface area is 187 Å². The second-order valence-corrected chi connectivity index (χ2v) is 10.3. The van der Waals surface area contributed by atoms with E-state index in [2.05, 4.69) is 16.8 Å². The lowest BCUT2D eigenvalue weighted by Crippen LogP contribution is -2.45. The zero-order chi connectivity index (χ0) is 21.6. The third-order valence-electron chi connectivity index (χ3n) is 5.98. The largest absolute Gasteiger partial charge is 0.487 e. The molecule has 0 spiro atoms. The summed E-state index contributed by atoms with van der Waals surface area (Å²) in [5, 5.41) is 2.39. The standard InChI is InChI=1S/C23H24ClN3O3S/c1-25-8-10-26(11-9-25)21-15-19(24)16-22-23(21)30-13-12-27(22)31(28,29)20-7-6-17-4-2-3-5-18(17)14-20/h2-7,14-16H,8-13H2,1H3. The van der Waals surface area contributed by atoms with Gasteiger partial charge < -0.3 is 14.5 Å². The monoisotopic (exact) mass is 457 g/mol. The summed E-state index contributed by atoms with van der Waals surface area (Å²) in [6.45, 7) is 4.07. The number of rotatable bonds is 3. The van der Waals surface area contributed by atoms with Crippen molar-refractivity contribution in [2.24, 2.45) is 0 Å². The highest BCUT2D eigenvalue weighted by molar-refractivity contribution is 7.92. The Hall–Kier alpha value is -2.48. The van der Waals surface area contributed by atoms with Crippen LogP contribution in [0.5, 0.6) is 5.75 Å². The second-order valence-electron chi connectivity index (χ2n) is 8.00. The minimum Gasteiger partial charge on any atom is -0.487 e. The van der Waals surface area contributed by atoms with E-state index in [9.17, 15) is 8.42 Å².